The Kier molecular flexibility index (Phi) is 3.61. The summed E-state index contributed by atoms with van der Waals surface area (Å²) < 4.78 is 13.2. The van der Waals surface area contributed by atoms with E-state index in [0.29, 0.717) is 11.5 Å². The zero-order valence-electron chi connectivity index (χ0n) is 7.97. The highest BCUT2D eigenvalue weighted by molar-refractivity contribution is 5.36. The summed E-state index contributed by atoms with van der Waals surface area (Å²) in [4.78, 5) is 7.56. The lowest BCUT2D eigenvalue weighted by Crippen LogP contribution is -2.06. The first-order valence-corrected chi connectivity index (χ1v) is 4.46. The SMILES string of the molecule is CCCCNc1ncnc(C)c1F. The summed E-state index contributed by atoms with van der Waals surface area (Å²) in [7, 11) is 0. The lowest BCUT2D eigenvalue weighted by Gasteiger charge is -2.05. The molecular weight excluding hydrogens is 169 g/mol. The average Bonchev–Trinajstić information content (AvgIpc) is 2.13. The Hall–Kier alpha value is -1.19. The molecule has 1 aromatic rings. The van der Waals surface area contributed by atoms with E-state index >= 15 is 0 Å². The molecule has 1 N–H and O–H groups in total. The molecule has 0 atom stereocenters. The molecule has 3 nitrogen and oxygen atoms in total. The van der Waals surface area contributed by atoms with Crippen LogP contribution in [0.25, 0.3) is 0 Å². The molecule has 0 saturated carbocycles. The third kappa shape index (κ3) is 2.65. The number of aromatic nitrogens is 2. The van der Waals surface area contributed by atoms with Crippen LogP contribution in [0.2, 0.25) is 0 Å². The molecule has 0 fully saturated rings. The largest absolute Gasteiger partial charge is 0.368 e. The number of unbranched alkanes of at least 4 members (excludes halogenated alkanes) is 1. The van der Waals surface area contributed by atoms with Gasteiger partial charge in [0.05, 0.1) is 5.69 Å². The standard InChI is InChI=1S/C9H14FN3/c1-3-4-5-11-9-8(10)7(2)12-6-13-9/h6H,3-5H2,1-2H3,(H,11,12,13). The van der Waals surface area contributed by atoms with Gasteiger partial charge in [0.2, 0.25) is 0 Å². The number of rotatable bonds is 4. The highest BCUT2D eigenvalue weighted by atomic mass is 19.1. The summed E-state index contributed by atoms with van der Waals surface area (Å²) in [5, 5.41) is 2.93. The summed E-state index contributed by atoms with van der Waals surface area (Å²) in [6.45, 7) is 4.47. The molecule has 1 rings (SSSR count). The first-order valence-electron chi connectivity index (χ1n) is 4.46. The van der Waals surface area contributed by atoms with Crippen LogP contribution >= 0.6 is 0 Å². The highest BCUT2D eigenvalue weighted by Gasteiger charge is 2.05. The second-order valence-corrected chi connectivity index (χ2v) is 2.90. The Morgan fingerprint density at radius 2 is 2.23 bits per heavy atom. The van der Waals surface area contributed by atoms with Gasteiger partial charge in [0.25, 0.3) is 0 Å². The molecule has 0 radical (unpaired) electrons. The van der Waals surface area contributed by atoms with Crippen molar-refractivity contribution >= 4 is 5.82 Å². The van der Waals surface area contributed by atoms with Gasteiger partial charge in [-0.3, -0.25) is 0 Å². The second kappa shape index (κ2) is 4.74. The van der Waals surface area contributed by atoms with E-state index in [1.54, 1.807) is 6.92 Å². The van der Waals surface area contributed by atoms with Gasteiger partial charge in [-0.05, 0) is 13.3 Å². The van der Waals surface area contributed by atoms with Gasteiger partial charge in [-0.15, -0.1) is 0 Å². The van der Waals surface area contributed by atoms with E-state index in [9.17, 15) is 4.39 Å². The number of halogens is 1. The second-order valence-electron chi connectivity index (χ2n) is 2.90. The molecule has 0 aliphatic carbocycles. The number of hydrogen-bond donors (Lipinski definition) is 1. The third-order valence-corrected chi connectivity index (χ3v) is 1.79. The number of hydrogen-bond acceptors (Lipinski definition) is 3. The Labute approximate surface area is 77.4 Å². The molecular formula is C9H14FN3. The highest BCUT2D eigenvalue weighted by Crippen LogP contribution is 2.11. The van der Waals surface area contributed by atoms with E-state index < -0.39 is 0 Å². The van der Waals surface area contributed by atoms with Gasteiger partial charge >= 0.3 is 0 Å². The Morgan fingerprint density at radius 3 is 2.92 bits per heavy atom. The van der Waals surface area contributed by atoms with Crippen LogP contribution in [0, 0.1) is 12.7 Å². The maximum absolute atomic E-state index is 13.2. The van der Waals surface area contributed by atoms with Crippen LogP contribution in [0.5, 0.6) is 0 Å². The van der Waals surface area contributed by atoms with Crippen molar-refractivity contribution in [3.05, 3.63) is 17.8 Å². The molecule has 1 aromatic heterocycles. The smallest absolute Gasteiger partial charge is 0.186 e. The molecule has 0 unspecified atom stereocenters. The number of nitrogens with one attached hydrogen (secondary N) is 1. The predicted molar refractivity (Wildman–Crippen MR) is 50.1 cm³/mol. The maximum Gasteiger partial charge on any atom is 0.186 e. The minimum atomic E-state index is -0.349. The number of aryl methyl sites for hydroxylation is 1. The summed E-state index contributed by atoms with van der Waals surface area (Å²) in [6, 6.07) is 0. The van der Waals surface area contributed by atoms with Crippen LogP contribution in [0.15, 0.2) is 6.33 Å². The fourth-order valence-electron chi connectivity index (χ4n) is 0.965. The third-order valence-electron chi connectivity index (χ3n) is 1.79. The lowest BCUT2D eigenvalue weighted by molar-refractivity contribution is 0.604. The van der Waals surface area contributed by atoms with Crippen LogP contribution in [0.1, 0.15) is 25.5 Å². The van der Waals surface area contributed by atoms with Crippen molar-refractivity contribution < 1.29 is 4.39 Å². The maximum atomic E-state index is 13.2. The zero-order valence-corrected chi connectivity index (χ0v) is 7.97. The molecule has 72 valence electrons. The van der Waals surface area contributed by atoms with Gasteiger partial charge in [-0.1, -0.05) is 13.3 Å². The van der Waals surface area contributed by atoms with Crippen LogP contribution in [0.3, 0.4) is 0 Å². The van der Waals surface area contributed by atoms with Crippen molar-refractivity contribution in [2.45, 2.75) is 26.7 Å². The fraction of sp³-hybridized carbons (Fsp3) is 0.556. The van der Waals surface area contributed by atoms with E-state index in [1.165, 1.54) is 6.33 Å². The van der Waals surface area contributed by atoms with Gasteiger partial charge in [0.1, 0.15) is 6.33 Å². The summed E-state index contributed by atoms with van der Waals surface area (Å²) in [6.07, 6.45) is 3.47. The fourth-order valence-corrected chi connectivity index (χ4v) is 0.965. The van der Waals surface area contributed by atoms with Crippen molar-refractivity contribution in [1.29, 1.82) is 0 Å². The first kappa shape index (κ1) is 9.89. The monoisotopic (exact) mass is 183 g/mol. The van der Waals surface area contributed by atoms with Gasteiger partial charge < -0.3 is 5.32 Å². The topological polar surface area (TPSA) is 37.8 Å². The predicted octanol–water partition coefficient (Wildman–Crippen LogP) is 2.14. The molecule has 0 aliphatic rings. The first-order chi connectivity index (χ1) is 6.25. The molecule has 0 amide bonds. The minimum Gasteiger partial charge on any atom is -0.368 e. The van der Waals surface area contributed by atoms with E-state index in [-0.39, 0.29) is 5.82 Å². The molecule has 0 spiro atoms. The van der Waals surface area contributed by atoms with Crippen molar-refractivity contribution in [3.8, 4) is 0 Å². The molecule has 0 bridgehead atoms. The summed E-state index contributed by atoms with van der Waals surface area (Å²) in [5.41, 5.74) is 0.383. The Balaban J connectivity index is 2.61. The molecule has 0 aromatic carbocycles. The molecule has 0 aliphatic heterocycles. The average molecular weight is 183 g/mol. The van der Waals surface area contributed by atoms with Gasteiger partial charge in [0, 0.05) is 6.54 Å². The molecule has 4 heteroatoms. The van der Waals surface area contributed by atoms with E-state index in [0.717, 1.165) is 19.4 Å². The molecule has 1 heterocycles. The van der Waals surface area contributed by atoms with E-state index in [2.05, 4.69) is 22.2 Å². The Morgan fingerprint density at radius 1 is 1.46 bits per heavy atom. The number of nitrogens with zero attached hydrogens (tertiary/aromatic N) is 2. The van der Waals surface area contributed by atoms with Crippen molar-refractivity contribution in [3.63, 3.8) is 0 Å². The summed E-state index contributed by atoms with van der Waals surface area (Å²) >= 11 is 0. The molecule has 13 heavy (non-hydrogen) atoms. The number of anilines is 1. The summed E-state index contributed by atoms with van der Waals surface area (Å²) in [5.74, 6) is -0.0421. The van der Waals surface area contributed by atoms with Crippen LogP contribution in [0.4, 0.5) is 10.2 Å². The van der Waals surface area contributed by atoms with Gasteiger partial charge in [0.15, 0.2) is 11.6 Å². The quantitative estimate of drug-likeness (QED) is 0.727. The van der Waals surface area contributed by atoms with Crippen molar-refractivity contribution in [2.24, 2.45) is 0 Å². The normalized spacial score (nSPS) is 10.1. The van der Waals surface area contributed by atoms with Crippen LogP contribution in [-0.4, -0.2) is 16.5 Å². The van der Waals surface area contributed by atoms with Crippen molar-refractivity contribution in [1.82, 2.24) is 9.97 Å². The zero-order chi connectivity index (χ0) is 9.68. The minimum absolute atomic E-state index is 0.306. The van der Waals surface area contributed by atoms with Gasteiger partial charge in [-0.25, -0.2) is 14.4 Å². The van der Waals surface area contributed by atoms with E-state index in [4.69, 9.17) is 0 Å². The van der Waals surface area contributed by atoms with Gasteiger partial charge in [-0.2, -0.15) is 0 Å². The lowest BCUT2D eigenvalue weighted by atomic mass is 10.3. The van der Waals surface area contributed by atoms with Crippen molar-refractivity contribution in [2.75, 3.05) is 11.9 Å². The van der Waals surface area contributed by atoms with Crippen LogP contribution < -0.4 is 5.32 Å². The van der Waals surface area contributed by atoms with Crippen LogP contribution in [-0.2, 0) is 0 Å². The molecule has 0 saturated heterocycles. The van der Waals surface area contributed by atoms with E-state index in [1.807, 2.05) is 0 Å². The Bertz CT molecular complexity index is 276.